The first-order valence-corrected chi connectivity index (χ1v) is 5.30. The highest BCUT2D eigenvalue weighted by Gasteiger charge is 2.24. The van der Waals surface area contributed by atoms with Gasteiger partial charge in [0.25, 0.3) is 0 Å². The summed E-state index contributed by atoms with van der Waals surface area (Å²) < 4.78 is 0. The topological polar surface area (TPSA) is 44.1 Å². The molecule has 0 N–H and O–H groups in total. The summed E-state index contributed by atoms with van der Waals surface area (Å²) in [5.41, 5.74) is 0. The number of hydrogen-bond donors (Lipinski definition) is 0. The number of carbonyl (C=O) groups excluding carboxylic acids is 1. The summed E-state index contributed by atoms with van der Waals surface area (Å²) in [5, 5.41) is 8.87. The fourth-order valence-corrected chi connectivity index (χ4v) is 1.31. The molecule has 0 heterocycles. The van der Waals surface area contributed by atoms with E-state index < -0.39 is 5.92 Å². The number of hydrogen-bond acceptors (Lipinski definition) is 2. The van der Waals surface area contributed by atoms with Crippen LogP contribution in [0.25, 0.3) is 0 Å². The zero-order valence-corrected chi connectivity index (χ0v) is 9.86. The molecule has 0 aliphatic heterocycles. The van der Waals surface area contributed by atoms with Crippen LogP contribution in [-0.4, -0.2) is 24.4 Å². The molecule has 1 atom stereocenters. The Morgan fingerprint density at radius 1 is 1.60 bits per heavy atom. The van der Waals surface area contributed by atoms with Crippen molar-refractivity contribution in [2.24, 2.45) is 11.8 Å². The molecule has 0 bridgehead atoms. The van der Waals surface area contributed by atoms with E-state index in [1.807, 2.05) is 19.9 Å². The summed E-state index contributed by atoms with van der Waals surface area (Å²) in [6.07, 6.45) is 3.64. The number of unbranched alkanes of at least 4 members (excludes halogenated alkanes) is 1. The van der Waals surface area contributed by atoms with Crippen LogP contribution in [-0.2, 0) is 4.79 Å². The Morgan fingerprint density at radius 2 is 2.20 bits per heavy atom. The van der Waals surface area contributed by atoms with Crippen LogP contribution in [0.1, 0.15) is 26.7 Å². The zero-order valence-electron chi connectivity index (χ0n) is 9.86. The number of nitrogens with zero attached hydrogens (tertiary/aromatic N) is 2. The minimum atomic E-state index is -0.515. The van der Waals surface area contributed by atoms with Crippen LogP contribution in [0.2, 0.25) is 0 Å². The van der Waals surface area contributed by atoms with E-state index in [2.05, 4.69) is 12.6 Å². The number of rotatable bonds is 6. The van der Waals surface area contributed by atoms with Gasteiger partial charge in [0, 0.05) is 13.6 Å². The van der Waals surface area contributed by atoms with Crippen molar-refractivity contribution in [3.8, 4) is 6.07 Å². The minimum absolute atomic E-state index is 0.0726. The van der Waals surface area contributed by atoms with Gasteiger partial charge in [-0.3, -0.25) is 4.79 Å². The molecular weight excluding hydrogens is 188 g/mol. The number of amides is 1. The standard InChI is InChI=1S/C12H20N2O/c1-5-6-7-8-14(4)12(15)11(9-13)10(2)3/h5,10-11H,1,6-8H2,2-4H3. The van der Waals surface area contributed by atoms with Crippen LogP contribution < -0.4 is 0 Å². The van der Waals surface area contributed by atoms with Crippen molar-refractivity contribution in [3.63, 3.8) is 0 Å². The van der Waals surface area contributed by atoms with Gasteiger partial charge in [0.1, 0.15) is 5.92 Å². The summed E-state index contributed by atoms with van der Waals surface area (Å²) in [4.78, 5) is 13.4. The van der Waals surface area contributed by atoms with Crippen molar-refractivity contribution in [2.75, 3.05) is 13.6 Å². The average molecular weight is 208 g/mol. The van der Waals surface area contributed by atoms with E-state index in [1.165, 1.54) is 0 Å². The van der Waals surface area contributed by atoms with Gasteiger partial charge in [-0.05, 0) is 18.8 Å². The van der Waals surface area contributed by atoms with Gasteiger partial charge in [-0.2, -0.15) is 5.26 Å². The molecular formula is C12H20N2O. The third-order valence-corrected chi connectivity index (χ3v) is 2.35. The fourth-order valence-electron chi connectivity index (χ4n) is 1.31. The normalized spacial score (nSPS) is 11.9. The van der Waals surface area contributed by atoms with E-state index in [9.17, 15) is 4.79 Å². The summed E-state index contributed by atoms with van der Waals surface area (Å²) in [6, 6.07) is 2.06. The molecule has 0 fully saturated rings. The molecule has 0 aromatic rings. The summed E-state index contributed by atoms with van der Waals surface area (Å²) in [6.45, 7) is 8.10. The summed E-state index contributed by atoms with van der Waals surface area (Å²) in [5.74, 6) is -0.514. The van der Waals surface area contributed by atoms with Crippen molar-refractivity contribution in [1.29, 1.82) is 5.26 Å². The molecule has 0 saturated carbocycles. The molecule has 0 saturated heterocycles. The summed E-state index contributed by atoms with van der Waals surface area (Å²) >= 11 is 0. The molecule has 0 aliphatic carbocycles. The van der Waals surface area contributed by atoms with E-state index >= 15 is 0 Å². The van der Waals surface area contributed by atoms with Crippen molar-refractivity contribution >= 4 is 5.91 Å². The van der Waals surface area contributed by atoms with Crippen molar-refractivity contribution in [2.45, 2.75) is 26.7 Å². The van der Waals surface area contributed by atoms with Crippen molar-refractivity contribution < 1.29 is 4.79 Å². The van der Waals surface area contributed by atoms with Crippen LogP contribution in [0.4, 0.5) is 0 Å². The molecule has 1 unspecified atom stereocenters. The van der Waals surface area contributed by atoms with Crippen LogP contribution >= 0.6 is 0 Å². The highest BCUT2D eigenvalue weighted by molar-refractivity contribution is 5.81. The highest BCUT2D eigenvalue weighted by Crippen LogP contribution is 2.12. The maximum absolute atomic E-state index is 11.8. The molecule has 0 aliphatic rings. The molecule has 0 radical (unpaired) electrons. The Morgan fingerprint density at radius 3 is 2.60 bits per heavy atom. The van der Waals surface area contributed by atoms with Gasteiger partial charge in [0.05, 0.1) is 6.07 Å². The third kappa shape index (κ3) is 4.64. The Bertz CT molecular complexity index is 253. The third-order valence-electron chi connectivity index (χ3n) is 2.35. The highest BCUT2D eigenvalue weighted by atomic mass is 16.2. The molecule has 0 aromatic carbocycles. The molecule has 0 spiro atoms. The first-order valence-electron chi connectivity index (χ1n) is 5.30. The van der Waals surface area contributed by atoms with Crippen molar-refractivity contribution in [1.82, 2.24) is 4.90 Å². The van der Waals surface area contributed by atoms with Gasteiger partial charge in [-0.15, -0.1) is 6.58 Å². The molecule has 3 heteroatoms. The van der Waals surface area contributed by atoms with E-state index in [1.54, 1.807) is 11.9 Å². The number of carbonyl (C=O) groups is 1. The molecule has 3 nitrogen and oxygen atoms in total. The second kappa shape index (κ2) is 7.05. The molecule has 15 heavy (non-hydrogen) atoms. The van der Waals surface area contributed by atoms with Gasteiger partial charge >= 0.3 is 0 Å². The largest absolute Gasteiger partial charge is 0.345 e. The monoisotopic (exact) mass is 208 g/mol. The smallest absolute Gasteiger partial charge is 0.239 e. The van der Waals surface area contributed by atoms with Gasteiger partial charge in [0.2, 0.25) is 5.91 Å². The van der Waals surface area contributed by atoms with Gasteiger partial charge in [0.15, 0.2) is 0 Å². The molecule has 84 valence electrons. The van der Waals surface area contributed by atoms with E-state index in [-0.39, 0.29) is 11.8 Å². The van der Waals surface area contributed by atoms with Crippen LogP contribution in [0.5, 0.6) is 0 Å². The van der Waals surface area contributed by atoms with Crippen molar-refractivity contribution in [3.05, 3.63) is 12.7 Å². The number of nitriles is 1. The van der Waals surface area contributed by atoms with E-state index in [4.69, 9.17) is 5.26 Å². The maximum Gasteiger partial charge on any atom is 0.239 e. The Hall–Kier alpha value is -1.30. The van der Waals surface area contributed by atoms with Gasteiger partial charge in [-0.25, -0.2) is 0 Å². The zero-order chi connectivity index (χ0) is 11.8. The first-order chi connectivity index (χ1) is 7.04. The fraction of sp³-hybridized carbons (Fsp3) is 0.667. The van der Waals surface area contributed by atoms with Crippen LogP contribution in [0.15, 0.2) is 12.7 Å². The summed E-state index contributed by atoms with van der Waals surface area (Å²) in [7, 11) is 1.75. The molecule has 0 rings (SSSR count). The Balaban J connectivity index is 4.18. The predicted molar refractivity (Wildman–Crippen MR) is 61.0 cm³/mol. The first kappa shape index (κ1) is 13.7. The lowest BCUT2D eigenvalue weighted by molar-refractivity contribution is -0.133. The van der Waals surface area contributed by atoms with E-state index in [0.29, 0.717) is 6.54 Å². The SMILES string of the molecule is C=CCCCN(C)C(=O)C(C#N)C(C)C. The van der Waals surface area contributed by atoms with E-state index in [0.717, 1.165) is 12.8 Å². The second-order valence-corrected chi connectivity index (χ2v) is 4.04. The Kier molecular flexibility index (Phi) is 6.44. The molecule has 1 amide bonds. The maximum atomic E-state index is 11.8. The lowest BCUT2D eigenvalue weighted by Crippen LogP contribution is -2.35. The van der Waals surface area contributed by atoms with Crippen LogP contribution in [0.3, 0.4) is 0 Å². The lowest BCUT2D eigenvalue weighted by Gasteiger charge is -2.21. The quantitative estimate of drug-likeness (QED) is 0.496. The minimum Gasteiger partial charge on any atom is -0.345 e. The molecule has 0 aromatic heterocycles. The second-order valence-electron chi connectivity index (χ2n) is 4.04. The predicted octanol–water partition coefficient (Wildman–Crippen LogP) is 2.21. The lowest BCUT2D eigenvalue weighted by atomic mass is 9.96. The van der Waals surface area contributed by atoms with Crippen LogP contribution in [0, 0.1) is 23.2 Å². The number of allylic oxidation sites excluding steroid dienone is 1. The van der Waals surface area contributed by atoms with Gasteiger partial charge < -0.3 is 4.90 Å². The van der Waals surface area contributed by atoms with Gasteiger partial charge in [-0.1, -0.05) is 19.9 Å². The Labute approximate surface area is 92.4 Å². The average Bonchev–Trinajstić information content (AvgIpc) is 2.18.